The molecule has 2 fully saturated rings. The molecule has 2 nitrogen and oxygen atoms in total. The number of fused-ring (bicyclic) bond motifs is 1. The van der Waals surface area contributed by atoms with Crippen LogP contribution in [-0.2, 0) is 0 Å². The number of nitrogens with one attached hydrogen (secondary N) is 1. The van der Waals surface area contributed by atoms with Crippen LogP contribution in [0.3, 0.4) is 0 Å². The van der Waals surface area contributed by atoms with E-state index in [9.17, 15) is 0 Å². The van der Waals surface area contributed by atoms with Gasteiger partial charge in [-0.15, -0.1) is 0 Å². The van der Waals surface area contributed by atoms with Crippen LogP contribution < -0.4 is 11.3 Å². The van der Waals surface area contributed by atoms with Gasteiger partial charge in [0.1, 0.15) is 0 Å². The lowest BCUT2D eigenvalue weighted by atomic mass is 10.0. The lowest BCUT2D eigenvalue weighted by Gasteiger charge is -2.15. The molecule has 3 N–H and O–H groups in total. The fraction of sp³-hybridized carbons (Fsp3) is 1.00. The van der Waals surface area contributed by atoms with Crippen LogP contribution in [-0.4, -0.2) is 6.04 Å². The minimum Gasteiger partial charge on any atom is -0.271 e. The van der Waals surface area contributed by atoms with Crippen LogP contribution in [0.1, 0.15) is 51.9 Å². The molecule has 0 spiro atoms. The van der Waals surface area contributed by atoms with E-state index in [0.717, 1.165) is 17.8 Å². The summed E-state index contributed by atoms with van der Waals surface area (Å²) in [7, 11) is 0. The maximum Gasteiger partial charge on any atom is 0.0244 e. The second-order valence-electron chi connectivity index (χ2n) is 5.10. The largest absolute Gasteiger partial charge is 0.271 e. The molecule has 0 bridgehead atoms. The molecule has 0 aromatic carbocycles. The normalized spacial score (nSPS) is 37.7. The Morgan fingerprint density at radius 2 is 1.93 bits per heavy atom. The van der Waals surface area contributed by atoms with Crippen molar-refractivity contribution < 1.29 is 0 Å². The predicted molar refractivity (Wildman–Crippen MR) is 59.6 cm³/mol. The van der Waals surface area contributed by atoms with Crippen molar-refractivity contribution in [1.82, 2.24) is 5.43 Å². The average molecular weight is 196 g/mol. The first-order valence-corrected chi connectivity index (χ1v) is 6.34. The van der Waals surface area contributed by atoms with Crippen LogP contribution >= 0.6 is 0 Å². The Bertz CT molecular complexity index is 169. The Labute approximate surface area is 87.6 Å². The monoisotopic (exact) mass is 196 g/mol. The molecule has 2 aliphatic rings. The van der Waals surface area contributed by atoms with E-state index in [1.54, 1.807) is 0 Å². The quantitative estimate of drug-likeness (QED) is 0.523. The molecule has 0 radical (unpaired) electrons. The summed E-state index contributed by atoms with van der Waals surface area (Å²) in [6, 6.07) is 0.614. The molecule has 2 heteroatoms. The van der Waals surface area contributed by atoms with Crippen molar-refractivity contribution in [3.63, 3.8) is 0 Å². The summed E-state index contributed by atoms with van der Waals surface area (Å²) in [5, 5.41) is 0. The van der Waals surface area contributed by atoms with E-state index in [4.69, 9.17) is 5.84 Å². The molecule has 3 atom stereocenters. The van der Waals surface area contributed by atoms with Gasteiger partial charge in [0.25, 0.3) is 0 Å². The van der Waals surface area contributed by atoms with Gasteiger partial charge in [-0.1, -0.05) is 32.6 Å². The minimum absolute atomic E-state index is 0.614. The van der Waals surface area contributed by atoms with Crippen LogP contribution in [0.4, 0.5) is 0 Å². The lowest BCUT2D eigenvalue weighted by Crippen LogP contribution is -2.37. The molecule has 2 aliphatic carbocycles. The van der Waals surface area contributed by atoms with Gasteiger partial charge in [-0.2, -0.15) is 0 Å². The molecule has 0 aromatic heterocycles. The van der Waals surface area contributed by atoms with Gasteiger partial charge in [0.2, 0.25) is 0 Å². The predicted octanol–water partition coefficient (Wildman–Crippen LogP) is 2.44. The number of hydrazine groups is 1. The standard InChI is InChI=1S/C12H24N2/c1-2-3-8-11(14-13)12-9-6-4-5-7-10(9)12/h9-12,14H,2-8,13H2,1H3. The Hall–Kier alpha value is -0.0800. The molecule has 0 aliphatic heterocycles. The van der Waals surface area contributed by atoms with Crippen LogP contribution in [0.5, 0.6) is 0 Å². The van der Waals surface area contributed by atoms with Gasteiger partial charge in [-0.3, -0.25) is 11.3 Å². The first-order valence-electron chi connectivity index (χ1n) is 6.34. The highest BCUT2D eigenvalue weighted by atomic mass is 15.2. The number of hydrogen-bond donors (Lipinski definition) is 2. The Kier molecular flexibility index (Phi) is 3.45. The number of hydrogen-bond acceptors (Lipinski definition) is 2. The fourth-order valence-electron chi connectivity index (χ4n) is 3.46. The Morgan fingerprint density at radius 3 is 2.43 bits per heavy atom. The zero-order valence-electron chi connectivity index (χ0n) is 9.34. The van der Waals surface area contributed by atoms with Crippen molar-refractivity contribution >= 4 is 0 Å². The Morgan fingerprint density at radius 1 is 1.29 bits per heavy atom. The molecule has 2 rings (SSSR count). The van der Waals surface area contributed by atoms with Crippen molar-refractivity contribution in [3.8, 4) is 0 Å². The van der Waals surface area contributed by atoms with E-state index in [1.807, 2.05) is 0 Å². The summed E-state index contributed by atoms with van der Waals surface area (Å²) in [6.07, 6.45) is 9.76. The summed E-state index contributed by atoms with van der Waals surface area (Å²) in [6.45, 7) is 2.26. The fourth-order valence-corrected chi connectivity index (χ4v) is 3.46. The van der Waals surface area contributed by atoms with Crippen LogP contribution in [0.2, 0.25) is 0 Å². The van der Waals surface area contributed by atoms with Crippen molar-refractivity contribution in [3.05, 3.63) is 0 Å². The average Bonchev–Trinajstić information content (AvgIpc) is 2.94. The first-order chi connectivity index (χ1) is 6.88. The molecule has 0 heterocycles. The number of nitrogens with two attached hydrogens (primary N) is 1. The SMILES string of the molecule is CCCCC(NN)C1C2CCCCC21. The van der Waals surface area contributed by atoms with Crippen LogP contribution in [0, 0.1) is 17.8 Å². The lowest BCUT2D eigenvalue weighted by molar-refractivity contribution is 0.403. The molecule has 2 saturated carbocycles. The Balaban J connectivity index is 1.81. The molecule has 0 saturated heterocycles. The first kappa shape index (κ1) is 10.4. The molecule has 82 valence electrons. The molecular weight excluding hydrogens is 172 g/mol. The van der Waals surface area contributed by atoms with E-state index in [-0.39, 0.29) is 0 Å². The summed E-state index contributed by atoms with van der Waals surface area (Å²) in [5.41, 5.74) is 3.06. The van der Waals surface area contributed by atoms with Gasteiger partial charge >= 0.3 is 0 Å². The van der Waals surface area contributed by atoms with Gasteiger partial charge in [-0.25, -0.2) is 0 Å². The van der Waals surface area contributed by atoms with Crippen LogP contribution in [0.15, 0.2) is 0 Å². The van der Waals surface area contributed by atoms with E-state index in [1.165, 1.54) is 44.9 Å². The third-order valence-corrected chi connectivity index (χ3v) is 4.27. The van der Waals surface area contributed by atoms with Crippen molar-refractivity contribution in [1.29, 1.82) is 0 Å². The van der Waals surface area contributed by atoms with Gasteiger partial charge in [-0.05, 0) is 37.0 Å². The summed E-state index contributed by atoms with van der Waals surface area (Å²) >= 11 is 0. The van der Waals surface area contributed by atoms with Crippen molar-refractivity contribution in [2.45, 2.75) is 57.9 Å². The van der Waals surface area contributed by atoms with Gasteiger partial charge in [0, 0.05) is 6.04 Å². The summed E-state index contributed by atoms with van der Waals surface area (Å²) < 4.78 is 0. The zero-order chi connectivity index (χ0) is 9.97. The van der Waals surface area contributed by atoms with E-state index >= 15 is 0 Å². The topological polar surface area (TPSA) is 38.0 Å². The highest BCUT2D eigenvalue weighted by Gasteiger charge is 2.53. The third kappa shape index (κ3) is 1.96. The molecule has 14 heavy (non-hydrogen) atoms. The maximum absolute atomic E-state index is 5.66. The van der Waals surface area contributed by atoms with E-state index in [0.29, 0.717) is 6.04 Å². The number of rotatable bonds is 5. The third-order valence-electron chi connectivity index (χ3n) is 4.27. The second-order valence-corrected chi connectivity index (χ2v) is 5.10. The smallest absolute Gasteiger partial charge is 0.0244 e. The molecular formula is C12H24N2. The zero-order valence-corrected chi connectivity index (χ0v) is 9.34. The molecule has 3 unspecified atom stereocenters. The highest BCUT2D eigenvalue weighted by molar-refractivity contribution is 5.03. The van der Waals surface area contributed by atoms with Crippen LogP contribution in [0.25, 0.3) is 0 Å². The van der Waals surface area contributed by atoms with Crippen molar-refractivity contribution in [2.75, 3.05) is 0 Å². The maximum atomic E-state index is 5.66. The van der Waals surface area contributed by atoms with E-state index < -0.39 is 0 Å². The van der Waals surface area contributed by atoms with Gasteiger partial charge < -0.3 is 0 Å². The highest BCUT2D eigenvalue weighted by Crippen LogP contribution is 2.57. The van der Waals surface area contributed by atoms with Gasteiger partial charge in [0.05, 0.1) is 0 Å². The summed E-state index contributed by atoms with van der Waals surface area (Å²) in [4.78, 5) is 0. The van der Waals surface area contributed by atoms with Gasteiger partial charge in [0.15, 0.2) is 0 Å². The van der Waals surface area contributed by atoms with E-state index in [2.05, 4.69) is 12.3 Å². The molecule has 0 aromatic rings. The number of unbranched alkanes of at least 4 members (excludes halogenated alkanes) is 1. The molecule has 0 amide bonds. The minimum atomic E-state index is 0.614. The van der Waals surface area contributed by atoms with Crippen molar-refractivity contribution in [2.24, 2.45) is 23.6 Å². The summed E-state index contributed by atoms with van der Waals surface area (Å²) in [5.74, 6) is 8.64. The second kappa shape index (κ2) is 4.63.